The first-order chi connectivity index (χ1) is 8.16. The highest BCUT2D eigenvalue weighted by Crippen LogP contribution is 2.34. The van der Waals surface area contributed by atoms with E-state index in [9.17, 15) is 4.39 Å². The van der Waals surface area contributed by atoms with Gasteiger partial charge in [-0.15, -0.1) is 0 Å². The van der Waals surface area contributed by atoms with Gasteiger partial charge in [0.25, 0.3) is 0 Å². The summed E-state index contributed by atoms with van der Waals surface area (Å²) in [7, 11) is 0. The van der Waals surface area contributed by atoms with E-state index in [1.807, 2.05) is 12.1 Å². The van der Waals surface area contributed by atoms with Gasteiger partial charge in [0, 0.05) is 25.2 Å². The van der Waals surface area contributed by atoms with Crippen LogP contribution in [0.2, 0.25) is 0 Å². The van der Waals surface area contributed by atoms with Crippen LogP contribution in [0.4, 0.5) is 10.2 Å². The average molecular weight is 235 g/mol. The molecule has 3 atom stereocenters. The smallest absolute Gasteiger partial charge is 0.139 e. The van der Waals surface area contributed by atoms with Gasteiger partial charge in [0.05, 0.1) is 5.69 Å². The standard InChI is InChI=1S/C13H18FN3/c1-8-6-15-7-11-5-10-3-4-12(9(2)14)16-13(10)17(8)11/h3-4,8-9,11,15H,5-7H2,1-2H3/t8-,9-,11-/m1/s1. The van der Waals surface area contributed by atoms with Crippen molar-refractivity contribution in [1.29, 1.82) is 0 Å². The predicted octanol–water partition coefficient (Wildman–Crippen LogP) is 1.83. The van der Waals surface area contributed by atoms with Crippen molar-refractivity contribution in [3.8, 4) is 0 Å². The first-order valence-electron chi connectivity index (χ1n) is 6.29. The van der Waals surface area contributed by atoms with E-state index >= 15 is 0 Å². The summed E-state index contributed by atoms with van der Waals surface area (Å²) in [6.45, 7) is 5.72. The molecule has 17 heavy (non-hydrogen) atoms. The number of nitrogens with one attached hydrogen (secondary N) is 1. The number of fused-ring (bicyclic) bond motifs is 3. The van der Waals surface area contributed by atoms with E-state index in [2.05, 4.69) is 22.1 Å². The zero-order valence-electron chi connectivity index (χ0n) is 10.3. The number of alkyl halides is 1. The van der Waals surface area contributed by atoms with E-state index in [1.54, 1.807) is 6.92 Å². The van der Waals surface area contributed by atoms with Gasteiger partial charge in [0.15, 0.2) is 0 Å². The summed E-state index contributed by atoms with van der Waals surface area (Å²) < 4.78 is 13.3. The first kappa shape index (κ1) is 11.0. The molecule has 2 aliphatic rings. The second-order valence-corrected chi connectivity index (χ2v) is 5.11. The number of hydrogen-bond acceptors (Lipinski definition) is 3. The molecule has 1 saturated heterocycles. The molecule has 0 bridgehead atoms. The third-order valence-electron chi connectivity index (χ3n) is 3.77. The van der Waals surface area contributed by atoms with Crippen LogP contribution in [-0.4, -0.2) is 30.2 Å². The molecular formula is C13H18FN3. The fraction of sp³-hybridized carbons (Fsp3) is 0.615. The number of pyridine rings is 1. The Hall–Kier alpha value is -1.16. The molecule has 92 valence electrons. The second kappa shape index (κ2) is 3.95. The fourth-order valence-electron chi connectivity index (χ4n) is 2.92. The van der Waals surface area contributed by atoms with Crippen LogP contribution in [-0.2, 0) is 6.42 Å². The molecule has 1 aromatic rings. The summed E-state index contributed by atoms with van der Waals surface area (Å²) in [5.74, 6) is 1.01. The first-order valence-corrected chi connectivity index (χ1v) is 6.29. The number of aromatic nitrogens is 1. The van der Waals surface area contributed by atoms with Crippen LogP contribution >= 0.6 is 0 Å². The Kier molecular flexibility index (Phi) is 2.54. The van der Waals surface area contributed by atoms with E-state index in [0.29, 0.717) is 17.8 Å². The van der Waals surface area contributed by atoms with E-state index in [4.69, 9.17) is 0 Å². The van der Waals surface area contributed by atoms with E-state index in [1.165, 1.54) is 5.56 Å². The molecule has 0 aliphatic carbocycles. The van der Waals surface area contributed by atoms with Crippen molar-refractivity contribution in [2.24, 2.45) is 0 Å². The van der Waals surface area contributed by atoms with Gasteiger partial charge in [-0.05, 0) is 31.9 Å². The molecule has 0 saturated carbocycles. The van der Waals surface area contributed by atoms with Crippen LogP contribution in [0.5, 0.6) is 0 Å². The lowest BCUT2D eigenvalue weighted by molar-refractivity contribution is 0.365. The van der Waals surface area contributed by atoms with E-state index in [0.717, 1.165) is 25.3 Å². The summed E-state index contributed by atoms with van der Waals surface area (Å²) in [5, 5.41) is 3.43. The number of anilines is 1. The van der Waals surface area contributed by atoms with Crippen molar-refractivity contribution < 1.29 is 4.39 Å². The van der Waals surface area contributed by atoms with Crippen LogP contribution in [0.3, 0.4) is 0 Å². The van der Waals surface area contributed by atoms with Crippen molar-refractivity contribution in [1.82, 2.24) is 10.3 Å². The van der Waals surface area contributed by atoms with Gasteiger partial charge < -0.3 is 10.2 Å². The van der Waals surface area contributed by atoms with Gasteiger partial charge in [-0.25, -0.2) is 9.37 Å². The molecular weight excluding hydrogens is 217 g/mol. The molecule has 4 heteroatoms. The van der Waals surface area contributed by atoms with E-state index in [-0.39, 0.29) is 0 Å². The molecule has 0 radical (unpaired) electrons. The Morgan fingerprint density at radius 2 is 2.29 bits per heavy atom. The molecule has 0 spiro atoms. The highest BCUT2D eigenvalue weighted by atomic mass is 19.1. The molecule has 3 heterocycles. The predicted molar refractivity (Wildman–Crippen MR) is 66.1 cm³/mol. The normalized spacial score (nSPS) is 28.8. The third-order valence-corrected chi connectivity index (χ3v) is 3.77. The van der Waals surface area contributed by atoms with Gasteiger partial charge in [-0.2, -0.15) is 0 Å². The van der Waals surface area contributed by atoms with Crippen LogP contribution in [0.25, 0.3) is 0 Å². The molecule has 3 nitrogen and oxygen atoms in total. The summed E-state index contributed by atoms with van der Waals surface area (Å²) >= 11 is 0. The van der Waals surface area contributed by atoms with Gasteiger partial charge in [0.1, 0.15) is 12.0 Å². The molecule has 1 fully saturated rings. The van der Waals surface area contributed by atoms with Crippen LogP contribution in [0, 0.1) is 0 Å². The lowest BCUT2D eigenvalue weighted by atomic mass is 10.1. The Bertz CT molecular complexity index is 433. The van der Waals surface area contributed by atoms with Crippen LogP contribution in [0.1, 0.15) is 31.3 Å². The lowest BCUT2D eigenvalue weighted by Crippen LogP contribution is -2.55. The van der Waals surface area contributed by atoms with Crippen LogP contribution < -0.4 is 10.2 Å². The summed E-state index contributed by atoms with van der Waals surface area (Å²) in [6.07, 6.45) is 0.0400. The molecule has 1 aromatic heterocycles. The maximum Gasteiger partial charge on any atom is 0.139 e. The van der Waals surface area contributed by atoms with E-state index < -0.39 is 6.17 Å². The van der Waals surface area contributed by atoms with Crippen molar-refractivity contribution in [2.75, 3.05) is 18.0 Å². The summed E-state index contributed by atoms with van der Waals surface area (Å²) in [5.41, 5.74) is 1.81. The lowest BCUT2D eigenvalue weighted by Gasteiger charge is -2.37. The van der Waals surface area contributed by atoms with Crippen molar-refractivity contribution in [3.05, 3.63) is 23.4 Å². The Morgan fingerprint density at radius 1 is 1.47 bits per heavy atom. The number of piperazine rings is 1. The third kappa shape index (κ3) is 1.71. The fourth-order valence-corrected chi connectivity index (χ4v) is 2.92. The summed E-state index contributed by atoms with van der Waals surface area (Å²) in [4.78, 5) is 6.87. The topological polar surface area (TPSA) is 28.2 Å². The summed E-state index contributed by atoms with van der Waals surface area (Å²) in [6, 6.07) is 4.79. The SMILES string of the molecule is C[C@@H]1CNC[C@H]2Cc3ccc([C@@H](C)F)nc3N21. The largest absolute Gasteiger partial charge is 0.348 e. The number of halogens is 1. The maximum absolute atomic E-state index is 13.3. The van der Waals surface area contributed by atoms with Crippen LogP contribution in [0.15, 0.2) is 12.1 Å². The average Bonchev–Trinajstić information content (AvgIpc) is 2.67. The monoisotopic (exact) mass is 235 g/mol. The van der Waals surface area contributed by atoms with Crippen molar-refractivity contribution in [2.45, 2.75) is 38.5 Å². The molecule has 0 amide bonds. The number of rotatable bonds is 1. The molecule has 0 aromatic carbocycles. The minimum absolute atomic E-state index is 0.438. The van der Waals surface area contributed by atoms with Gasteiger partial charge in [-0.3, -0.25) is 0 Å². The molecule has 2 aliphatic heterocycles. The van der Waals surface area contributed by atoms with Gasteiger partial charge >= 0.3 is 0 Å². The van der Waals surface area contributed by atoms with Gasteiger partial charge in [0.2, 0.25) is 0 Å². The minimum atomic E-state index is -0.988. The Labute approximate surface area is 101 Å². The molecule has 0 unspecified atom stereocenters. The molecule has 3 rings (SSSR count). The minimum Gasteiger partial charge on any atom is -0.348 e. The highest BCUT2D eigenvalue weighted by molar-refractivity contribution is 5.56. The zero-order chi connectivity index (χ0) is 12.0. The highest BCUT2D eigenvalue weighted by Gasteiger charge is 2.36. The van der Waals surface area contributed by atoms with Crippen molar-refractivity contribution in [3.63, 3.8) is 0 Å². The second-order valence-electron chi connectivity index (χ2n) is 5.11. The van der Waals surface area contributed by atoms with Crippen molar-refractivity contribution >= 4 is 5.82 Å². The zero-order valence-corrected chi connectivity index (χ0v) is 10.3. The Balaban J connectivity index is 2.00. The maximum atomic E-state index is 13.3. The quantitative estimate of drug-likeness (QED) is 0.805. The number of hydrogen-bond donors (Lipinski definition) is 1. The van der Waals surface area contributed by atoms with Gasteiger partial charge in [-0.1, -0.05) is 6.07 Å². The number of nitrogens with zero attached hydrogens (tertiary/aromatic N) is 2. The molecule has 1 N–H and O–H groups in total. The Morgan fingerprint density at radius 3 is 3.06 bits per heavy atom.